The van der Waals surface area contributed by atoms with Crippen LogP contribution < -0.4 is 14.2 Å². The van der Waals surface area contributed by atoms with Crippen LogP contribution in [0, 0.1) is 0 Å². The van der Waals surface area contributed by atoms with Crippen molar-refractivity contribution in [2.24, 2.45) is 0 Å². The molecule has 20 heavy (non-hydrogen) atoms. The molecular formula is C13H20N2O4S. The largest absolute Gasteiger partial charge is 0.486 e. The maximum absolute atomic E-state index is 12.0. The van der Waals surface area contributed by atoms with Crippen molar-refractivity contribution < 1.29 is 17.9 Å². The standard InChI is InChI=1S/C13H20N2O4S/c1-13(2,14-20(16,17)15(3)4)10-5-6-11-12(9-10)19-8-7-18-11/h5-6,9,14H,7-8H2,1-4H3. The number of benzene rings is 1. The van der Waals surface area contributed by atoms with Crippen molar-refractivity contribution in [3.05, 3.63) is 23.8 Å². The first kappa shape index (κ1) is 15.1. The summed E-state index contributed by atoms with van der Waals surface area (Å²) in [6, 6.07) is 5.45. The molecular weight excluding hydrogens is 280 g/mol. The first-order valence-corrected chi connectivity index (χ1v) is 7.78. The zero-order chi connectivity index (χ0) is 15.0. The molecule has 0 aliphatic carbocycles. The second-order valence-electron chi connectivity index (χ2n) is 5.37. The highest BCUT2D eigenvalue weighted by molar-refractivity contribution is 7.87. The first-order chi connectivity index (χ1) is 9.22. The molecule has 0 spiro atoms. The molecule has 1 aromatic rings. The fourth-order valence-corrected chi connectivity index (χ4v) is 2.85. The van der Waals surface area contributed by atoms with Gasteiger partial charge in [0.25, 0.3) is 10.2 Å². The van der Waals surface area contributed by atoms with Gasteiger partial charge in [-0.05, 0) is 31.5 Å². The quantitative estimate of drug-likeness (QED) is 0.904. The molecule has 0 unspecified atom stereocenters. The number of hydrogen-bond acceptors (Lipinski definition) is 4. The third kappa shape index (κ3) is 3.05. The summed E-state index contributed by atoms with van der Waals surface area (Å²) in [6.07, 6.45) is 0. The highest BCUT2D eigenvalue weighted by Crippen LogP contribution is 2.34. The summed E-state index contributed by atoms with van der Waals surface area (Å²) < 4.78 is 38.7. The van der Waals surface area contributed by atoms with Crippen molar-refractivity contribution in [1.82, 2.24) is 9.03 Å². The van der Waals surface area contributed by atoms with Crippen LogP contribution in [-0.2, 0) is 15.7 Å². The van der Waals surface area contributed by atoms with Crippen LogP contribution in [0.5, 0.6) is 11.5 Å². The van der Waals surface area contributed by atoms with E-state index in [0.29, 0.717) is 24.7 Å². The lowest BCUT2D eigenvalue weighted by molar-refractivity contribution is 0.171. The molecule has 0 amide bonds. The van der Waals surface area contributed by atoms with E-state index in [1.54, 1.807) is 19.9 Å². The van der Waals surface area contributed by atoms with Crippen molar-refractivity contribution in [3.8, 4) is 11.5 Å². The van der Waals surface area contributed by atoms with Crippen LogP contribution in [0.15, 0.2) is 18.2 Å². The molecule has 112 valence electrons. The number of nitrogens with zero attached hydrogens (tertiary/aromatic N) is 1. The van der Waals surface area contributed by atoms with Crippen LogP contribution >= 0.6 is 0 Å². The van der Waals surface area contributed by atoms with Gasteiger partial charge >= 0.3 is 0 Å². The Morgan fingerprint density at radius 2 is 1.75 bits per heavy atom. The molecule has 1 aromatic carbocycles. The third-order valence-corrected chi connectivity index (χ3v) is 4.86. The van der Waals surface area contributed by atoms with Crippen molar-refractivity contribution in [2.75, 3.05) is 27.3 Å². The second-order valence-corrected chi connectivity index (χ2v) is 7.26. The van der Waals surface area contributed by atoms with Crippen molar-refractivity contribution in [1.29, 1.82) is 0 Å². The lowest BCUT2D eigenvalue weighted by atomic mass is 9.95. The van der Waals surface area contributed by atoms with E-state index < -0.39 is 15.7 Å². The Labute approximate surface area is 119 Å². The van der Waals surface area contributed by atoms with Gasteiger partial charge in [0.2, 0.25) is 0 Å². The maximum atomic E-state index is 12.0. The van der Waals surface area contributed by atoms with Gasteiger partial charge in [0.05, 0.1) is 5.54 Å². The molecule has 1 heterocycles. The minimum atomic E-state index is -3.51. The van der Waals surface area contributed by atoms with Gasteiger partial charge in [0.1, 0.15) is 13.2 Å². The Morgan fingerprint density at radius 3 is 2.35 bits per heavy atom. The highest BCUT2D eigenvalue weighted by atomic mass is 32.2. The van der Waals surface area contributed by atoms with E-state index in [1.165, 1.54) is 14.1 Å². The van der Waals surface area contributed by atoms with Gasteiger partial charge in [-0.2, -0.15) is 17.4 Å². The molecule has 0 saturated carbocycles. The summed E-state index contributed by atoms with van der Waals surface area (Å²) in [6.45, 7) is 4.64. The third-order valence-electron chi connectivity index (χ3n) is 3.13. The van der Waals surface area contributed by atoms with Crippen LogP contribution in [0.3, 0.4) is 0 Å². The summed E-state index contributed by atoms with van der Waals surface area (Å²) in [7, 11) is -0.537. The SMILES string of the molecule is CN(C)S(=O)(=O)NC(C)(C)c1ccc2c(c1)OCCO2. The number of ether oxygens (including phenoxy) is 2. The van der Waals surface area contributed by atoms with Crippen LogP contribution in [-0.4, -0.2) is 40.0 Å². The second kappa shape index (κ2) is 5.23. The van der Waals surface area contributed by atoms with Gasteiger partial charge in [-0.1, -0.05) is 6.07 Å². The Morgan fingerprint density at radius 1 is 1.15 bits per heavy atom. The predicted octanol–water partition coefficient (Wildman–Crippen LogP) is 1.09. The van der Waals surface area contributed by atoms with E-state index in [0.717, 1.165) is 9.87 Å². The van der Waals surface area contributed by atoms with Gasteiger partial charge in [-0.15, -0.1) is 0 Å². The van der Waals surface area contributed by atoms with Gasteiger partial charge in [0, 0.05) is 14.1 Å². The molecule has 0 saturated heterocycles. The van der Waals surface area contributed by atoms with E-state index >= 15 is 0 Å². The monoisotopic (exact) mass is 300 g/mol. The number of rotatable bonds is 4. The lowest BCUT2D eigenvalue weighted by Crippen LogP contribution is -2.46. The zero-order valence-electron chi connectivity index (χ0n) is 12.1. The molecule has 1 N–H and O–H groups in total. The number of fused-ring (bicyclic) bond motifs is 1. The Bertz CT molecular complexity index is 596. The molecule has 0 radical (unpaired) electrons. The van der Waals surface area contributed by atoms with Crippen molar-refractivity contribution >= 4 is 10.2 Å². The van der Waals surface area contributed by atoms with Gasteiger partial charge in [0.15, 0.2) is 11.5 Å². The molecule has 1 aliphatic rings. The fourth-order valence-electron chi connectivity index (χ4n) is 1.90. The number of nitrogens with one attached hydrogen (secondary N) is 1. The predicted molar refractivity (Wildman–Crippen MR) is 76.2 cm³/mol. The summed E-state index contributed by atoms with van der Waals surface area (Å²) in [5.41, 5.74) is 0.0611. The minimum Gasteiger partial charge on any atom is -0.486 e. The first-order valence-electron chi connectivity index (χ1n) is 6.34. The molecule has 7 heteroatoms. The van der Waals surface area contributed by atoms with Crippen molar-refractivity contribution in [2.45, 2.75) is 19.4 Å². The topological polar surface area (TPSA) is 67.9 Å². The number of hydrogen-bond donors (Lipinski definition) is 1. The van der Waals surface area contributed by atoms with Gasteiger partial charge < -0.3 is 9.47 Å². The molecule has 2 rings (SSSR count). The molecule has 6 nitrogen and oxygen atoms in total. The van der Waals surface area contributed by atoms with E-state index in [1.807, 2.05) is 12.1 Å². The molecule has 0 atom stereocenters. The summed E-state index contributed by atoms with van der Waals surface area (Å²) >= 11 is 0. The van der Waals surface area contributed by atoms with Crippen LogP contribution in [0.4, 0.5) is 0 Å². The van der Waals surface area contributed by atoms with Crippen LogP contribution in [0.2, 0.25) is 0 Å². The Kier molecular flexibility index (Phi) is 3.95. The van der Waals surface area contributed by atoms with Crippen LogP contribution in [0.1, 0.15) is 19.4 Å². The summed E-state index contributed by atoms with van der Waals surface area (Å²) in [4.78, 5) is 0. The average molecular weight is 300 g/mol. The van der Waals surface area contributed by atoms with Crippen LogP contribution in [0.25, 0.3) is 0 Å². The van der Waals surface area contributed by atoms with Crippen molar-refractivity contribution in [3.63, 3.8) is 0 Å². The van der Waals surface area contributed by atoms with E-state index in [9.17, 15) is 8.42 Å². The molecule has 0 fully saturated rings. The van der Waals surface area contributed by atoms with Gasteiger partial charge in [-0.3, -0.25) is 0 Å². The van der Waals surface area contributed by atoms with Gasteiger partial charge in [-0.25, -0.2) is 0 Å². The zero-order valence-corrected chi connectivity index (χ0v) is 13.0. The normalized spacial score (nSPS) is 15.4. The van der Waals surface area contributed by atoms with E-state index in [2.05, 4.69) is 4.72 Å². The lowest BCUT2D eigenvalue weighted by Gasteiger charge is -2.29. The fraction of sp³-hybridized carbons (Fsp3) is 0.538. The van der Waals surface area contributed by atoms with E-state index in [4.69, 9.17) is 9.47 Å². The van der Waals surface area contributed by atoms with E-state index in [-0.39, 0.29) is 0 Å². The Hall–Kier alpha value is -1.31. The Balaban J connectivity index is 2.30. The minimum absolute atomic E-state index is 0.500. The smallest absolute Gasteiger partial charge is 0.279 e. The highest BCUT2D eigenvalue weighted by Gasteiger charge is 2.29. The summed E-state index contributed by atoms with van der Waals surface area (Å²) in [5, 5.41) is 0. The summed E-state index contributed by atoms with van der Waals surface area (Å²) in [5.74, 6) is 1.33. The molecule has 1 aliphatic heterocycles. The maximum Gasteiger partial charge on any atom is 0.279 e. The molecule has 0 aromatic heterocycles. The molecule has 0 bridgehead atoms. The average Bonchev–Trinajstić information content (AvgIpc) is 2.36.